The van der Waals surface area contributed by atoms with Crippen molar-refractivity contribution in [2.45, 2.75) is 26.3 Å². The molecular formula is C17H20N6O3. The average molecular weight is 356 g/mol. The third kappa shape index (κ3) is 3.62. The Morgan fingerprint density at radius 1 is 1.23 bits per heavy atom. The topological polar surface area (TPSA) is 103 Å². The number of nitrogens with one attached hydrogen (secondary N) is 1. The minimum atomic E-state index is -0.408. The van der Waals surface area contributed by atoms with Crippen LogP contribution in [0.3, 0.4) is 0 Å². The monoisotopic (exact) mass is 356 g/mol. The fourth-order valence-electron chi connectivity index (χ4n) is 2.48. The van der Waals surface area contributed by atoms with Crippen LogP contribution in [0.4, 0.5) is 5.69 Å². The summed E-state index contributed by atoms with van der Waals surface area (Å²) >= 11 is 0. The predicted octanol–water partition coefficient (Wildman–Crippen LogP) is 1.31. The highest BCUT2D eigenvalue weighted by Crippen LogP contribution is 2.17. The molecule has 0 radical (unpaired) electrons. The summed E-state index contributed by atoms with van der Waals surface area (Å²) in [4.78, 5) is 24.3. The lowest BCUT2D eigenvalue weighted by atomic mass is 10.2. The molecule has 0 saturated heterocycles. The van der Waals surface area contributed by atoms with Crippen molar-refractivity contribution in [1.82, 2.24) is 24.4 Å². The number of ether oxygens (including phenoxy) is 1. The Morgan fingerprint density at radius 2 is 2.04 bits per heavy atom. The fourth-order valence-corrected chi connectivity index (χ4v) is 2.48. The minimum Gasteiger partial charge on any atom is -0.383 e. The molecule has 3 rings (SSSR count). The van der Waals surface area contributed by atoms with Crippen molar-refractivity contribution >= 4 is 17.2 Å². The number of methoxy groups -OCH3 is 1. The number of anilines is 1. The molecule has 0 spiro atoms. The second kappa shape index (κ2) is 7.44. The Bertz CT molecular complexity index is 992. The molecule has 0 aliphatic carbocycles. The summed E-state index contributed by atoms with van der Waals surface area (Å²) in [6.07, 6.45) is 1.77. The van der Waals surface area contributed by atoms with E-state index in [0.29, 0.717) is 17.9 Å². The first-order valence-electron chi connectivity index (χ1n) is 8.22. The van der Waals surface area contributed by atoms with Gasteiger partial charge in [-0.1, -0.05) is 13.8 Å². The maximum Gasteiger partial charge on any atom is 0.276 e. The molecule has 0 saturated carbocycles. The maximum atomic E-state index is 12.5. The molecule has 0 fully saturated rings. The molecule has 0 atom stereocenters. The number of aromatic nitrogens is 5. The number of hydrogen-bond donors (Lipinski definition) is 1. The molecule has 0 aromatic carbocycles. The zero-order valence-corrected chi connectivity index (χ0v) is 14.8. The van der Waals surface area contributed by atoms with Crippen LogP contribution in [-0.4, -0.2) is 44.0 Å². The molecule has 9 nitrogen and oxygen atoms in total. The Balaban J connectivity index is 1.84. The number of hydrogen-bond acceptors (Lipinski definition) is 6. The summed E-state index contributed by atoms with van der Waals surface area (Å²) in [5.41, 5.74) is 1.15. The van der Waals surface area contributed by atoms with E-state index < -0.39 is 5.91 Å². The van der Waals surface area contributed by atoms with Crippen LogP contribution in [0.5, 0.6) is 0 Å². The van der Waals surface area contributed by atoms with Gasteiger partial charge in [-0.2, -0.15) is 5.10 Å². The van der Waals surface area contributed by atoms with Gasteiger partial charge in [0.05, 0.1) is 18.8 Å². The van der Waals surface area contributed by atoms with E-state index in [1.165, 1.54) is 23.9 Å². The molecule has 1 N–H and O–H groups in total. The van der Waals surface area contributed by atoms with Gasteiger partial charge in [0.25, 0.3) is 11.5 Å². The van der Waals surface area contributed by atoms with E-state index >= 15 is 0 Å². The van der Waals surface area contributed by atoms with Gasteiger partial charge in [0, 0.05) is 25.3 Å². The summed E-state index contributed by atoms with van der Waals surface area (Å²) < 4.78 is 7.99. The number of fused-ring (bicyclic) bond motifs is 1. The van der Waals surface area contributed by atoms with E-state index in [1.807, 2.05) is 18.2 Å². The number of carbonyl (C=O) groups excluding carboxylic acids is 1. The Morgan fingerprint density at radius 3 is 2.77 bits per heavy atom. The standard InChI is InChI=1S/C17H20N6O3/c1-11(2)16-20-19-14-6-4-12(10-22(14)16)18-17(25)13-5-7-15(24)23(21-13)8-9-26-3/h4-7,10-11H,8-9H2,1-3H3,(H,18,25). The van der Waals surface area contributed by atoms with Gasteiger partial charge in [-0.15, -0.1) is 10.2 Å². The lowest BCUT2D eigenvalue weighted by Gasteiger charge is -2.09. The highest BCUT2D eigenvalue weighted by molar-refractivity contribution is 6.02. The first-order chi connectivity index (χ1) is 12.5. The quantitative estimate of drug-likeness (QED) is 0.714. The van der Waals surface area contributed by atoms with Crippen molar-refractivity contribution in [1.29, 1.82) is 0 Å². The van der Waals surface area contributed by atoms with Gasteiger partial charge in [0.1, 0.15) is 11.5 Å². The highest BCUT2D eigenvalue weighted by atomic mass is 16.5. The van der Waals surface area contributed by atoms with E-state index in [0.717, 1.165) is 5.82 Å². The number of rotatable bonds is 6. The van der Waals surface area contributed by atoms with E-state index in [1.54, 1.807) is 18.3 Å². The summed E-state index contributed by atoms with van der Waals surface area (Å²) in [5, 5.41) is 15.1. The Hall–Kier alpha value is -3.07. The summed E-state index contributed by atoms with van der Waals surface area (Å²) in [5.74, 6) is 0.596. The highest BCUT2D eigenvalue weighted by Gasteiger charge is 2.13. The molecule has 0 bridgehead atoms. The van der Waals surface area contributed by atoms with Crippen molar-refractivity contribution in [3.05, 3.63) is 52.3 Å². The van der Waals surface area contributed by atoms with Gasteiger partial charge in [0.15, 0.2) is 5.65 Å². The van der Waals surface area contributed by atoms with E-state index in [4.69, 9.17) is 4.74 Å². The molecule has 0 unspecified atom stereocenters. The molecule has 136 valence electrons. The third-order valence-electron chi connectivity index (χ3n) is 3.81. The van der Waals surface area contributed by atoms with Gasteiger partial charge in [-0.05, 0) is 18.2 Å². The van der Waals surface area contributed by atoms with Gasteiger partial charge in [-0.3, -0.25) is 14.0 Å². The summed E-state index contributed by atoms with van der Waals surface area (Å²) in [6.45, 7) is 4.66. The zero-order chi connectivity index (χ0) is 18.7. The molecule has 3 aromatic rings. The van der Waals surface area contributed by atoms with Crippen molar-refractivity contribution in [3.63, 3.8) is 0 Å². The van der Waals surface area contributed by atoms with Crippen molar-refractivity contribution in [2.24, 2.45) is 0 Å². The predicted molar refractivity (Wildman–Crippen MR) is 95.4 cm³/mol. The van der Waals surface area contributed by atoms with Crippen LogP contribution in [0.15, 0.2) is 35.3 Å². The SMILES string of the molecule is COCCn1nc(C(=O)Nc2ccc3nnc(C(C)C)n3c2)ccc1=O. The average Bonchev–Trinajstić information content (AvgIpc) is 3.04. The largest absolute Gasteiger partial charge is 0.383 e. The van der Waals surface area contributed by atoms with Crippen LogP contribution >= 0.6 is 0 Å². The zero-order valence-electron chi connectivity index (χ0n) is 14.8. The second-order valence-corrected chi connectivity index (χ2v) is 6.09. The van der Waals surface area contributed by atoms with Crippen LogP contribution in [0.25, 0.3) is 5.65 Å². The van der Waals surface area contributed by atoms with E-state index in [-0.39, 0.29) is 23.7 Å². The number of amides is 1. The third-order valence-corrected chi connectivity index (χ3v) is 3.81. The number of nitrogens with zero attached hydrogens (tertiary/aromatic N) is 5. The fraction of sp³-hybridized carbons (Fsp3) is 0.353. The maximum absolute atomic E-state index is 12.5. The molecular weight excluding hydrogens is 336 g/mol. The molecule has 0 aliphatic heterocycles. The smallest absolute Gasteiger partial charge is 0.276 e. The summed E-state index contributed by atoms with van der Waals surface area (Å²) in [6, 6.07) is 6.24. The minimum absolute atomic E-state index is 0.147. The van der Waals surface area contributed by atoms with Crippen molar-refractivity contribution < 1.29 is 9.53 Å². The van der Waals surface area contributed by atoms with Crippen LogP contribution < -0.4 is 10.9 Å². The van der Waals surface area contributed by atoms with Crippen LogP contribution in [-0.2, 0) is 11.3 Å². The van der Waals surface area contributed by atoms with Gasteiger partial charge >= 0.3 is 0 Å². The van der Waals surface area contributed by atoms with Crippen molar-refractivity contribution in [3.8, 4) is 0 Å². The van der Waals surface area contributed by atoms with Crippen LogP contribution in [0.1, 0.15) is 36.1 Å². The van der Waals surface area contributed by atoms with Gasteiger partial charge in [-0.25, -0.2) is 4.68 Å². The molecule has 3 heterocycles. The number of carbonyl (C=O) groups is 1. The molecule has 0 aliphatic rings. The lowest BCUT2D eigenvalue weighted by Crippen LogP contribution is -2.27. The van der Waals surface area contributed by atoms with E-state index in [9.17, 15) is 9.59 Å². The second-order valence-electron chi connectivity index (χ2n) is 6.09. The lowest BCUT2D eigenvalue weighted by molar-refractivity contribution is 0.101. The van der Waals surface area contributed by atoms with Crippen molar-refractivity contribution in [2.75, 3.05) is 19.0 Å². The molecule has 26 heavy (non-hydrogen) atoms. The molecule has 1 amide bonds. The normalized spacial score (nSPS) is 11.2. The van der Waals surface area contributed by atoms with Gasteiger partial charge in [0.2, 0.25) is 0 Å². The van der Waals surface area contributed by atoms with E-state index in [2.05, 4.69) is 20.6 Å². The molecule has 9 heteroatoms. The van der Waals surface area contributed by atoms with Crippen LogP contribution in [0.2, 0.25) is 0 Å². The Labute approximate surface area is 149 Å². The number of pyridine rings is 1. The Kier molecular flexibility index (Phi) is 5.08. The van der Waals surface area contributed by atoms with Gasteiger partial charge < -0.3 is 10.1 Å². The first-order valence-corrected chi connectivity index (χ1v) is 8.22. The first kappa shape index (κ1) is 17.7. The van der Waals surface area contributed by atoms with Crippen LogP contribution in [0, 0.1) is 0 Å². The summed E-state index contributed by atoms with van der Waals surface area (Å²) in [7, 11) is 1.54. The molecule has 3 aromatic heterocycles.